The molecule has 0 aliphatic carbocycles. The molecule has 1 aliphatic rings. The van der Waals surface area contributed by atoms with Gasteiger partial charge < -0.3 is 10.5 Å². The van der Waals surface area contributed by atoms with Crippen LogP contribution in [0.25, 0.3) is 0 Å². The van der Waals surface area contributed by atoms with Gasteiger partial charge in [0, 0.05) is 29.1 Å². The first-order valence-corrected chi connectivity index (χ1v) is 8.51. The van der Waals surface area contributed by atoms with E-state index in [1.807, 2.05) is 13.8 Å². The smallest absolute Gasteiger partial charge is 0.195 e. The van der Waals surface area contributed by atoms with Gasteiger partial charge >= 0.3 is 0 Å². The van der Waals surface area contributed by atoms with E-state index in [0.29, 0.717) is 28.4 Å². The van der Waals surface area contributed by atoms with Crippen LogP contribution in [0.3, 0.4) is 0 Å². The molecule has 2 aromatic carbocycles. The minimum Gasteiger partial charge on any atom is -0.466 e. The molecule has 0 aromatic heterocycles. The number of rotatable bonds is 3. The maximum atomic E-state index is 13.4. The lowest BCUT2D eigenvalue weighted by Crippen LogP contribution is -2.32. The molecule has 0 amide bonds. The molecule has 2 aromatic rings. The zero-order valence-corrected chi connectivity index (χ0v) is 14.4. The Bertz CT molecular complexity index is 823. The van der Waals surface area contributed by atoms with Crippen LogP contribution in [0, 0.1) is 5.82 Å². The van der Waals surface area contributed by atoms with Crippen molar-refractivity contribution in [3.8, 4) is 5.75 Å². The summed E-state index contributed by atoms with van der Waals surface area (Å²) in [5, 5.41) is 9.87. The molecule has 24 heavy (non-hydrogen) atoms. The Morgan fingerprint density at radius 1 is 1.21 bits per heavy atom. The average molecular weight is 347 g/mol. The van der Waals surface area contributed by atoms with E-state index in [9.17, 15) is 9.60 Å². The van der Waals surface area contributed by atoms with Crippen LogP contribution in [0.5, 0.6) is 5.75 Å². The fourth-order valence-electron chi connectivity index (χ4n) is 2.59. The first kappa shape index (κ1) is 16.6. The molecule has 7 heteroatoms. The SMILES string of the molecule is CSN(O)c1ccc2c(c1)OC(C)(C)N=C2c1ccc(F)cc1N. The number of hydrogen-bond donors (Lipinski definition) is 2. The van der Waals surface area contributed by atoms with Crippen LogP contribution >= 0.6 is 11.9 Å². The normalized spacial score (nSPS) is 15.3. The fraction of sp³-hybridized carbons (Fsp3) is 0.235. The molecule has 3 N–H and O–H groups in total. The number of benzene rings is 2. The van der Waals surface area contributed by atoms with E-state index >= 15 is 0 Å². The van der Waals surface area contributed by atoms with Crippen LogP contribution in [0.4, 0.5) is 15.8 Å². The molecular formula is C17H18FN3O2S. The predicted octanol–water partition coefficient (Wildman–Crippen LogP) is 3.85. The van der Waals surface area contributed by atoms with Gasteiger partial charge in [-0.15, -0.1) is 0 Å². The minimum atomic E-state index is -0.804. The number of fused-ring (bicyclic) bond motifs is 1. The monoisotopic (exact) mass is 347 g/mol. The van der Waals surface area contributed by atoms with Crippen LogP contribution < -0.4 is 14.9 Å². The van der Waals surface area contributed by atoms with Crippen molar-refractivity contribution in [2.45, 2.75) is 19.6 Å². The third-order valence-corrected chi connectivity index (χ3v) is 4.18. The molecule has 0 fully saturated rings. The highest BCUT2D eigenvalue weighted by molar-refractivity contribution is 7.99. The summed E-state index contributed by atoms with van der Waals surface area (Å²) in [5.41, 5.74) is 8.11. The number of aliphatic imine (C=N–C) groups is 1. The molecule has 3 rings (SSSR count). The summed E-state index contributed by atoms with van der Waals surface area (Å²) in [5.74, 6) is 0.189. The van der Waals surface area contributed by atoms with Crippen molar-refractivity contribution in [1.29, 1.82) is 0 Å². The zero-order valence-electron chi connectivity index (χ0n) is 13.6. The van der Waals surface area contributed by atoms with Crippen molar-refractivity contribution in [3.05, 3.63) is 53.3 Å². The molecule has 126 valence electrons. The van der Waals surface area contributed by atoms with Crippen LogP contribution in [0.15, 0.2) is 41.4 Å². The predicted molar refractivity (Wildman–Crippen MR) is 95.4 cm³/mol. The van der Waals surface area contributed by atoms with E-state index in [-0.39, 0.29) is 0 Å². The second kappa shape index (κ2) is 5.99. The number of ether oxygens (including phenoxy) is 1. The van der Waals surface area contributed by atoms with E-state index in [0.717, 1.165) is 10.0 Å². The van der Waals surface area contributed by atoms with Gasteiger partial charge in [-0.1, -0.05) is 0 Å². The first-order chi connectivity index (χ1) is 11.3. The van der Waals surface area contributed by atoms with E-state index in [1.165, 1.54) is 24.1 Å². The van der Waals surface area contributed by atoms with Gasteiger partial charge in [-0.2, -0.15) is 4.47 Å². The number of halogens is 1. The summed E-state index contributed by atoms with van der Waals surface area (Å²) in [6, 6.07) is 9.55. The summed E-state index contributed by atoms with van der Waals surface area (Å²) in [6.45, 7) is 3.65. The minimum absolute atomic E-state index is 0.314. The van der Waals surface area contributed by atoms with Crippen LogP contribution in [-0.4, -0.2) is 22.9 Å². The summed E-state index contributed by atoms with van der Waals surface area (Å²) in [6.07, 6.45) is 1.76. The van der Waals surface area contributed by atoms with Crippen molar-refractivity contribution in [3.63, 3.8) is 0 Å². The highest BCUT2D eigenvalue weighted by Gasteiger charge is 2.30. The zero-order chi connectivity index (χ0) is 17.5. The molecule has 0 saturated heterocycles. The maximum absolute atomic E-state index is 13.4. The molecular weight excluding hydrogens is 329 g/mol. The number of nitrogens with two attached hydrogens (primary N) is 1. The third kappa shape index (κ3) is 3.05. The highest BCUT2D eigenvalue weighted by Crippen LogP contribution is 2.37. The molecule has 0 saturated carbocycles. The molecule has 0 spiro atoms. The van der Waals surface area contributed by atoms with Crippen LogP contribution in [0.1, 0.15) is 25.0 Å². The van der Waals surface area contributed by atoms with Crippen molar-refractivity contribution < 1.29 is 14.3 Å². The standard InChI is InChI=1S/C17H18FN3O2S/c1-17(2)20-16(12-6-4-10(18)8-14(12)19)13-7-5-11(21(22)24-3)9-15(13)23-17/h4-9,22H,19H2,1-3H3. The van der Waals surface area contributed by atoms with Gasteiger partial charge in [-0.05, 0) is 56.1 Å². The Morgan fingerprint density at radius 2 is 1.92 bits per heavy atom. The number of nitrogen functional groups attached to an aromatic ring is 1. The lowest BCUT2D eigenvalue weighted by atomic mass is 9.97. The van der Waals surface area contributed by atoms with Crippen LogP contribution in [0.2, 0.25) is 0 Å². The molecule has 0 atom stereocenters. The summed E-state index contributed by atoms with van der Waals surface area (Å²) in [4.78, 5) is 4.62. The third-order valence-electron chi connectivity index (χ3n) is 3.62. The Kier molecular flexibility index (Phi) is 4.15. The quantitative estimate of drug-likeness (QED) is 0.501. The van der Waals surface area contributed by atoms with Gasteiger partial charge in [-0.25, -0.2) is 9.38 Å². The first-order valence-electron chi connectivity index (χ1n) is 7.32. The van der Waals surface area contributed by atoms with E-state index in [2.05, 4.69) is 4.99 Å². The van der Waals surface area contributed by atoms with E-state index in [1.54, 1.807) is 30.5 Å². The highest BCUT2D eigenvalue weighted by atomic mass is 32.2. The fourth-order valence-corrected chi connectivity index (χ4v) is 2.92. The molecule has 1 aliphatic heterocycles. The second-order valence-corrected chi connectivity index (χ2v) is 6.59. The Balaban J connectivity index is 2.15. The van der Waals surface area contributed by atoms with Gasteiger partial charge in [0.05, 0.1) is 11.4 Å². The molecule has 0 unspecified atom stereocenters. The topological polar surface area (TPSA) is 71.1 Å². The molecule has 1 heterocycles. The Hall–Kier alpha value is -2.25. The largest absolute Gasteiger partial charge is 0.466 e. The van der Waals surface area contributed by atoms with Gasteiger partial charge in [0.2, 0.25) is 0 Å². The van der Waals surface area contributed by atoms with Gasteiger partial charge in [0.25, 0.3) is 0 Å². The van der Waals surface area contributed by atoms with Gasteiger partial charge in [-0.3, -0.25) is 5.21 Å². The van der Waals surface area contributed by atoms with Crippen molar-refractivity contribution in [2.24, 2.45) is 4.99 Å². The number of anilines is 2. The van der Waals surface area contributed by atoms with Gasteiger partial charge in [0.15, 0.2) is 5.72 Å². The van der Waals surface area contributed by atoms with E-state index in [4.69, 9.17) is 10.5 Å². The van der Waals surface area contributed by atoms with Gasteiger partial charge in [0.1, 0.15) is 11.6 Å². The number of hydrogen-bond acceptors (Lipinski definition) is 6. The van der Waals surface area contributed by atoms with Crippen molar-refractivity contribution in [1.82, 2.24) is 0 Å². The molecule has 0 radical (unpaired) electrons. The van der Waals surface area contributed by atoms with Crippen LogP contribution in [-0.2, 0) is 0 Å². The molecule has 0 bridgehead atoms. The molecule has 5 nitrogen and oxygen atoms in total. The Labute approximate surface area is 144 Å². The Morgan fingerprint density at radius 3 is 2.58 bits per heavy atom. The van der Waals surface area contributed by atoms with E-state index < -0.39 is 11.5 Å². The van der Waals surface area contributed by atoms with Crippen molar-refractivity contribution in [2.75, 3.05) is 16.5 Å². The maximum Gasteiger partial charge on any atom is 0.195 e. The van der Waals surface area contributed by atoms with Crippen molar-refractivity contribution >= 4 is 29.0 Å². The number of nitrogens with zero attached hydrogens (tertiary/aromatic N) is 2. The summed E-state index contributed by atoms with van der Waals surface area (Å²) < 4.78 is 20.3. The lowest BCUT2D eigenvalue weighted by molar-refractivity contribution is 0.115. The summed E-state index contributed by atoms with van der Waals surface area (Å²) >= 11 is 1.17. The summed E-state index contributed by atoms with van der Waals surface area (Å²) in [7, 11) is 0. The average Bonchev–Trinajstić information content (AvgIpc) is 2.52. The lowest BCUT2D eigenvalue weighted by Gasteiger charge is -2.31. The second-order valence-electron chi connectivity index (χ2n) is 5.88.